The summed E-state index contributed by atoms with van der Waals surface area (Å²) in [6.07, 6.45) is -4.10. The number of methoxy groups -OCH3 is 1. The molecule has 3 aromatic rings. The standard InChI is InChI=1S/C32H40F3NO3/c1-20-16-23(28(37)24(17-20)30(2,3)4)22-12-9-10-13-26(22)36(14-11-15-39-8)27-19-21(32(33,34)35)18-25(29(27)38)31(5,6)7/h9-10,12-13,16-19,37-38H,11,14-15H2,1-8H3. The van der Waals surface area contributed by atoms with E-state index in [4.69, 9.17) is 4.74 Å². The molecule has 0 atom stereocenters. The number of hydrogen-bond donors (Lipinski definition) is 2. The molecular formula is C32H40F3NO3. The fourth-order valence-corrected chi connectivity index (χ4v) is 4.79. The first-order valence-corrected chi connectivity index (χ1v) is 13.1. The third-order valence-corrected chi connectivity index (χ3v) is 6.79. The van der Waals surface area contributed by atoms with Gasteiger partial charge in [-0.1, -0.05) is 65.8 Å². The van der Waals surface area contributed by atoms with Crippen molar-refractivity contribution in [2.24, 2.45) is 0 Å². The molecule has 0 radical (unpaired) electrons. The summed E-state index contributed by atoms with van der Waals surface area (Å²) in [6, 6.07) is 13.1. The van der Waals surface area contributed by atoms with E-state index < -0.39 is 17.2 Å². The Kier molecular flexibility index (Phi) is 8.66. The normalized spacial score (nSPS) is 12.6. The molecule has 4 nitrogen and oxygen atoms in total. The molecule has 0 aliphatic rings. The number of benzene rings is 3. The number of hydrogen-bond acceptors (Lipinski definition) is 4. The highest BCUT2D eigenvalue weighted by atomic mass is 19.4. The summed E-state index contributed by atoms with van der Waals surface area (Å²) in [5.74, 6) is -0.0763. The molecule has 0 spiro atoms. The Morgan fingerprint density at radius 2 is 1.36 bits per heavy atom. The lowest BCUT2D eigenvalue weighted by molar-refractivity contribution is -0.137. The van der Waals surface area contributed by atoms with Crippen LogP contribution in [0, 0.1) is 6.92 Å². The molecule has 0 heterocycles. The molecule has 0 unspecified atom stereocenters. The van der Waals surface area contributed by atoms with Crippen LogP contribution >= 0.6 is 0 Å². The van der Waals surface area contributed by atoms with Gasteiger partial charge in [0.15, 0.2) is 0 Å². The molecule has 0 bridgehead atoms. The maximum atomic E-state index is 14.1. The van der Waals surface area contributed by atoms with Gasteiger partial charge >= 0.3 is 6.18 Å². The highest BCUT2D eigenvalue weighted by molar-refractivity contribution is 5.87. The van der Waals surface area contributed by atoms with Crippen molar-refractivity contribution >= 4 is 11.4 Å². The number of nitrogens with zero attached hydrogens (tertiary/aromatic N) is 1. The van der Waals surface area contributed by atoms with Crippen molar-refractivity contribution in [3.63, 3.8) is 0 Å². The van der Waals surface area contributed by atoms with E-state index in [-0.39, 0.29) is 34.7 Å². The maximum Gasteiger partial charge on any atom is 0.416 e. The van der Waals surface area contributed by atoms with Gasteiger partial charge in [-0.2, -0.15) is 13.2 Å². The van der Waals surface area contributed by atoms with Crippen molar-refractivity contribution in [3.05, 3.63) is 70.8 Å². The zero-order valence-electron chi connectivity index (χ0n) is 24.1. The smallest absolute Gasteiger partial charge is 0.416 e. The lowest BCUT2D eigenvalue weighted by atomic mass is 9.83. The molecule has 212 valence electrons. The van der Waals surface area contributed by atoms with E-state index in [0.717, 1.165) is 23.3 Å². The Balaban J connectivity index is 2.37. The maximum absolute atomic E-state index is 14.1. The van der Waals surface area contributed by atoms with Gasteiger partial charge in [0.2, 0.25) is 0 Å². The van der Waals surface area contributed by atoms with Crippen LogP contribution < -0.4 is 4.90 Å². The molecule has 0 saturated heterocycles. The van der Waals surface area contributed by atoms with Gasteiger partial charge in [-0.05, 0) is 54.0 Å². The van der Waals surface area contributed by atoms with Gasteiger partial charge in [-0.3, -0.25) is 0 Å². The van der Waals surface area contributed by atoms with Gasteiger partial charge < -0.3 is 19.8 Å². The molecule has 0 amide bonds. The van der Waals surface area contributed by atoms with Crippen molar-refractivity contribution in [1.29, 1.82) is 0 Å². The molecule has 39 heavy (non-hydrogen) atoms. The first-order chi connectivity index (χ1) is 18.0. The number of phenolic OH excluding ortho intramolecular Hbond substituents is 2. The van der Waals surface area contributed by atoms with Crippen molar-refractivity contribution in [2.75, 3.05) is 25.2 Å². The van der Waals surface area contributed by atoms with Crippen LogP contribution in [0.15, 0.2) is 48.5 Å². The fraction of sp³-hybridized carbons (Fsp3) is 0.438. The second kappa shape index (κ2) is 11.1. The number of halogens is 3. The molecule has 2 N–H and O–H groups in total. The number of rotatable bonds is 7. The third kappa shape index (κ3) is 6.70. The lowest BCUT2D eigenvalue weighted by Gasteiger charge is -2.32. The molecule has 7 heteroatoms. The van der Waals surface area contributed by atoms with Crippen molar-refractivity contribution in [2.45, 2.75) is 71.9 Å². The second-order valence-corrected chi connectivity index (χ2v) is 12.1. The Morgan fingerprint density at radius 3 is 1.92 bits per heavy atom. The molecule has 0 aliphatic carbocycles. The first kappa shape index (κ1) is 30.4. The molecular weight excluding hydrogens is 503 g/mol. The van der Waals surface area contributed by atoms with Crippen LogP contribution in [-0.2, 0) is 21.7 Å². The summed E-state index contributed by atoms with van der Waals surface area (Å²) in [7, 11) is 1.57. The van der Waals surface area contributed by atoms with E-state index in [1.165, 1.54) is 0 Å². The predicted molar refractivity (Wildman–Crippen MR) is 152 cm³/mol. The summed E-state index contributed by atoms with van der Waals surface area (Å²) < 4.78 is 47.5. The Labute approximate surface area is 230 Å². The SMILES string of the molecule is COCCCN(c1ccccc1-c1cc(C)cc(C(C)(C)C)c1O)c1cc(C(F)(F)F)cc(C(C)(C)C)c1O. The van der Waals surface area contributed by atoms with Crippen molar-refractivity contribution in [3.8, 4) is 22.6 Å². The number of aromatic hydroxyl groups is 2. The second-order valence-electron chi connectivity index (χ2n) is 12.1. The number of anilines is 2. The quantitative estimate of drug-likeness (QED) is 0.292. The van der Waals surface area contributed by atoms with Gasteiger partial charge in [0.25, 0.3) is 0 Å². The van der Waals surface area contributed by atoms with Crippen molar-refractivity contribution in [1.82, 2.24) is 0 Å². The largest absolute Gasteiger partial charge is 0.507 e. The van der Waals surface area contributed by atoms with Crippen LogP contribution in [0.4, 0.5) is 24.5 Å². The van der Waals surface area contributed by atoms with Crippen molar-refractivity contribution < 1.29 is 28.1 Å². The Hall–Kier alpha value is -3.19. The van der Waals surface area contributed by atoms with E-state index in [1.54, 1.807) is 44.9 Å². The molecule has 0 saturated carbocycles. The fourth-order valence-electron chi connectivity index (χ4n) is 4.79. The van der Waals surface area contributed by atoms with Gasteiger partial charge in [0.05, 0.1) is 11.3 Å². The molecule has 3 aromatic carbocycles. The van der Waals surface area contributed by atoms with Crippen LogP contribution in [0.2, 0.25) is 0 Å². The Bertz CT molecular complexity index is 1320. The summed E-state index contributed by atoms with van der Waals surface area (Å²) in [4.78, 5) is 1.70. The summed E-state index contributed by atoms with van der Waals surface area (Å²) in [5, 5.41) is 22.8. The minimum Gasteiger partial charge on any atom is -0.507 e. The van der Waals surface area contributed by atoms with Gasteiger partial charge in [-0.15, -0.1) is 0 Å². The van der Waals surface area contributed by atoms with E-state index in [9.17, 15) is 23.4 Å². The highest BCUT2D eigenvalue weighted by Gasteiger charge is 2.35. The number of ether oxygens (including phenoxy) is 1. The van der Waals surface area contributed by atoms with Gasteiger partial charge in [0.1, 0.15) is 11.5 Å². The Morgan fingerprint density at radius 1 is 0.769 bits per heavy atom. The first-order valence-electron chi connectivity index (χ1n) is 13.1. The molecule has 0 fully saturated rings. The van der Waals surface area contributed by atoms with Crippen LogP contribution in [0.25, 0.3) is 11.1 Å². The van der Waals surface area contributed by atoms with Crippen LogP contribution in [0.1, 0.15) is 70.2 Å². The number of para-hydroxylation sites is 1. The van der Waals surface area contributed by atoms with E-state index in [2.05, 4.69) is 0 Å². The summed E-state index contributed by atoms with van der Waals surface area (Å²) >= 11 is 0. The molecule has 0 aromatic heterocycles. The third-order valence-electron chi connectivity index (χ3n) is 6.79. The predicted octanol–water partition coefficient (Wildman–Crippen LogP) is 8.86. The summed E-state index contributed by atoms with van der Waals surface area (Å²) in [6.45, 7) is 14.0. The van der Waals surface area contributed by atoms with Gasteiger partial charge in [0, 0.05) is 48.2 Å². The summed E-state index contributed by atoms with van der Waals surface area (Å²) in [5.41, 5.74) is 1.88. The molecule has 0 aliphatic heterocycles. The van der Waals surface area contributed by atoms with E-state index >= 15 is 0 Å². The number of alkyl halides is 3. The zero-order chi connectivity index (χ0) is 29.3. The van der Waals surface area contributed by atoms with Crippen LogP contribution in [-0.4, -0.2) is 30.5 Å². The van der Waals surface area contributed by atoms with Crippen LogP contribution in [0.3, 0.4) is 0 Å². The molecule has 3 rings (SSSR count). The van der Waals surface area contributed by atoms with Gasteiger partial charge in [-0.25, -0.2) is 0 Å². The average molecular weight is 544 g/mol. The van der Waals surface area contributed by atoms with E-state index in [0.29, 0.717) is 29.8 Å². The lowest BCUT2D eigenvalue weighted by Crippen LogP contribution is -2.23. The monoisotopic (exact) mass is 543 g/mol. The highest BCUT2D eigenvalue weighted by Crippen LogP contribution is 2.48. The van der Waals surface area contributed by atoms with Crippen LogP contribution in [0.5, 0.6) is 11.5 Å². The number of aryl methyl sites for hydroxylation is 1. The average Bonchev–Trinajstić information content (AvgIpc) is 2.81. The zero-order valence-corrected chi connectivity index (χ0v) is 24.1. The topological polar surface area (TPSA) is 52.9 Å². The minimum absolute atomic E-state index is 0.0569. The van der Waals surface area contributed by atoms with E-state index in [1.807, 2.05) is 52.0 Å². The minimum atomic E-state index is -4.60. The number of phenols is 2.